The van der Waals surface area contributed by atoms with Crippen LogP contribution in [0.25, 0.3) is 0 Å². The summed E-state index contributed by atoms with van der Waals surface area (Å²) in [4.78, 5) is 6.20. The summed E-state index contributed by atoms with van der Waals surface area (Å²) in [5.41, 5.74) is 2.65. The second kappa shape index (κ2) is 11.3. The topological polar surface area (TPSA) is 73.8 Å². The van der Waals surface area contributed by atoms with Crippen molar-refractivity contribution in [2.75, 3.05) is 21.1 Å². The summed E-state index contributed by atoms with van der Waals surface area (Å²) in [5, 5.41) is 3.26. The van der Waals surface area contributed by atoms with Gasteiger partial charge in [-0.1, -0.05) is 36.4 Å². The summed E-state index contributed by atoms with van der Waals surface area (Å²) >= 11 is 0. The molecule has 0 radical (unpaired) electrons. The van der Waals surface area contributed by atoms with E-state index in [1.807, 2.05) is 30.1 Å². The third-order valence-corrected chi connectivity index (χ3v) is 5.35. The van der Waals surface area contributed by atoms with Gasteiger partial charge in [0.25, 0.3) is 0 Å². The average molecular weight is 520 g/mol. The molecule has 0 fully saturated rings. The lowest BCUT2D eigenvalue weighted by atomic mass is 10.1. The van der Waals surface area contributed by atoms with Gasteiger partial charge in [-0.3, -0.25) is 4.99 Å². The Hall–Kier alpha value is -1.72. The smallest absolute Gasteiger partial charge is 0.215 e. The molecule has 28 heavy (non-hydrogen) atoms. The molecule has 154 valence electrons. The molecule has 2 aromatic rings. The fourth-order valence-corrected chi connectivity index (χ4v) is 3.39. The quantitative estimate of drug-likeness (QED) is 0.335. The van der Waals surface area contributed by atoms with Crippen LogP contribution in [0.3, 0.4) is 0 Å². The third-order valence-electron chi connectivity index (χ3n) is 4.02. The number of hydrogen-bond acceptors (Lipinski definition) is 3. The van der Waals surface area contributed by atoms with Gasteiger partial charge in [0.05, 0.1) is 5.75 Å². The fourth-order valence-electron chi connectivity index (χ4n) is 2.63. The molecule has 0 amide bonds. The Labute approximate surface area is 183 Å². The van der Waals surface area contributed by atoms with Crippen molar-refractivity contribution in [3.63, 3.8) is 0 Å². The maximum absolute atomic E-state index is 13.0. The minimum atomic E-state index is -3.31. The van der Waals surface area contributed by atoms with E-state index in [1.54, 1.807) is 25.2 Å². The number of nitrogens with one attached hydrogen (secondary N) is 2. The molecule has 0 saturated heterocycles. The summed E-state index contributed by atoms with van der Waals surface area (Å²) in [6, 6.07) is 13.8. The lowest BCUT2D eigenvalue weighted by Gasteiger charge is -2.22. The maximum atomic E-state index is 13.0. The Bertz CT molecular complexity index is 889. The molecule has 6 nitrogen and oxygen atoms in total. The Morgan fingerprint density at radius 3 is 2.36 bits per heavy atom. The first-order valence-electron chi connectivity index (χ1n) is 8.48. The standard InChI is InChI=1S/C19H25FN4O2S.HI/c1-21-19(24(3)13-15-7-9-18(20)10-8-15)23-12-16-5-4-6-17(11-16)14-27(25,26)22-2;/h4-11,22H,12-14H2,1-3H3,(H,21,23);1H. The molecule has 0 atom stereocenters. The van der Waals surface area contributed by atoms with Crippen LogP contribution in [0.2, 0.25) is 0 Å². The number of rotatable bonds is 7. The Morgan fingerprint density at radius 1 is 1.11 bits per heavy atom. The zero-order valence-electron chi connectivity index (χ0n) is 16.1. The second-order valence-electron chi connectivity index (χ2n) is 6.17. The highest BCUT2D eigenvalue weighted by Gasteiger charge is 2.10. The molecule has 0 aromatic heterocycles. The van der Waals surface area contributed by atoms with Crippen molar-refractivity contribution in [3.05, 3.63) is 71.0 Å². The van der Waals surface area contributed by atoms with Crippen molar-refractivity contribution < 1.29 is 12.8 Å². The number of aliphatic imine (C=N–C) groups is 1. The lowest BCUT2D eigenvalue weighted by molar-refractivity contribution is 0.476. The maximum Gasteiger partial charge on any atom is 0.215 e. The van der Waals surface area contributed by atoms with Crippen LogP contribution < -0.4 is 10.0 Å². The van der Waals surface area contributed by atoms with Crippen LogP contribution in [0.4, 0.5) is 4.39 Å². The van der Waals surface area contributed by atoms with Crippen molar-refractivity contribution >= 4 is 40.0 Å². The van der Waals surface area contributed by atoms with E-state index in [0.29, 0.717) is 19.0 Å². The number of guanidine groups is 1. The molecule has 9 heteroatoms. The summed E-state index contributed by atoms with van der Waals surface area (Å²) in [6.45, 7) is 1.09. The molecule has 0 aliphatic rings. The number of benzene rings is 2. The van der Waals surface area contributed by atoms with Crippen LogP contribution in [0.5, 0.6) is 0 Å². The number of nitrogens with zero attached hydrogens (tertiary/aromatic N) is 2. The minimum Gasteiger partial charge on any atom is -0.352 e. The number of halogens is 2. The predicted octanol–water partition coefficient (Wildman–Crippen LogP) is 2.70. The van der Waals surface area contributed by atoms with Gasteiger partial charge in [0.15, 0.2) is 5.96 Å². The minimum absolute atomic E-state index is 0. The van der Waals surface area contributed by atoms with E-state index in [0.717, 1.165) is 16.7 Å². The van der Waals surface area contributed by atoms with Gasteiger partial charge in [0, 0.05) is 27.2 Å². The van der Waals surface area contributed by atoms with E-state index in [2.05, 4.69) is 15.0 Å². The molecule has 0 bridgehead atoms. The van der Waals surface area contributed by atoms with Crippen LogP contribution >= 0.6 is 24.0 Å². The lowest BCUT2D eigenvalue weighted by Crippen LogP contribution is -2.38. The first-order valence-corrected chi connectivity index (χ1v) is 10.1. The molecular weight excluding hydrogens is 494 g/mol. The fraction of sp³-hybridized carbons (Fsp3) is 0.316. The Kier molecular flexibility index (Phi) is 9.83. The molecule has 0 spiro atoms. The SMILES string of the molecule is CN=C(NCc1cccc(CS(=O)(=O)NC)c1)N(C)Cc1ccc(F)cc1.I. The van der Waals surface area contributed by atoms with Gasteiger partial charge in [-0.05, 0) is 35.9 Å². The predicted molar refractivity (Wildman–Crippen MR) is 122 cm³/mol. The van der Waals surface area contributed by atoms with E-state index in [4.69, 9.17) is 0 Å². The van der Waals surface area contributed by atoms with Crippen LogP contribution in [-0.2, 0) is 28.9 Å². The molecule has 0 aliphatic heterocycles. The molecule has 2 rings (SSSR count). The van der Waals surface area contributed by atoms with E-state index in [-0.39, 0.29) is 35.5 Å². The van der Waals surface area contributed by atoms with E-state index in [9.17, 15) is 12.8 Å². The third kappa shape index (κ3) is 7.72. The molecule has 2 N–H and O–H groups in total. The molecule has 2 aromatic carbocycles. The Balaban J connectivity index is 0.00000392. The summed E-state index contributed by atoms with van der Waals surface area (Å²) in [6.07, 6.45) is 0. The first-order chi connectivity index (χ1) is 12.8. The van der Waals surface area contributed by atoms with Gasteiger partial charge < -0.3 is 10.2 Å². The van der Waals surface area contributed by atoms with Gasteiger partial charge in [-0.25, -0.2) is 17.5 Å². The van der Waals surface area contributed by atoms with Crippen molar-refractivity contribution in [1.82, 2.24) is 14.9 Å². The zero-order valence-corrected chi connectivity index (χ0v) is 19.3. The van der Waals surface area contributed by atoms with Crippen molar-refractivity contribution in [2.24, 2.45) is 4.99 Å². The molecule has 0 saturated carbocycles. The van der Waals surface area contributed by atoms with Gasteiger partial charge in [0.1, 0.15) is 5.82 Å². The molecule has 0 unspecified atom stereocenters. The molecule has 0 heterocycles. The van der Waals surface area contributed by atoms with Gasteiger partial charge >= 0.3 is 0 Å². The van der Waals surface area contributed by atoms with Gasteiger partial charge in [-0.15, -0.1) is 24.0 Å². The van der Waals surface area contributed by atoms with E-state index in [1.165, 1.54) is 19.2 Å². The van der Waals surface area contributed by atoms with Crippen LogP contribution in [-0.4, -0.2) is 40.4 Å². The van der Waals surface area contributed by atoms with E-state index >= 15 is 0 Å². The highest BCUT2D eigenvalue weighted by atomic mass is 127. The van der Waals surface area contributed by atoms with Crippen molar-refractivity contribution in [3.8, 4) is 0 Å². The normalized spacial score (nSPS) is 11.6. The van der Waals surface area contributed by atoms with E-state index < -0.39 is 10.0 Å². The largest absolute Gasteiger partial charge is 0.352 e. The average Bonchev–Trinajstić information content (AvgIpc) is 2.64. The Morgan fingerprint density at radius 2 is 1.75 bits per heavy atom. The second-order valence-corrected chi connectivity index (χ2v) is 8.09. The zero-order chi connectivity index (χ0) is 19.9. The summed E-state index contributed by atoms with van der Waals surface area (Å²) < 4.78 is 38.7. The van der Waals surface area contributed by atoms with Crippen LogP contribution in [0.1, 0.15) is 16.7 Å². The summed E-state index contributed by atoms with van der Waals surface area (Å²) in [7, 11) is 1.69. The molecule has 0 aliphatic carbocycles. The van der Waals surface area contributed by atoms with Crippen LogP contribution in [0.15, 0.2) is 53.5 Å². The van der Waals surface area contributed by atoms with Crippen molar-refractivity contribution in [2.45, 2.75) is 18.8 Å². The van der Waals surface area contributed by atoms with Crippen LogP contribution in [0, 0.1) is 5.82 Å². The number of hydrogen-bond donors (Lipinski definition) is 2. The highest BCUT2D eigenvalue weighted by molar-refractivity contribution is 14.0. The molecular formula is C19H26FIN4O2S. The summed E-state index contributed by atoms with van der Waals surface area (Å²) in [5.74, 6) is 0.368. The van der Waals surface area contributed by atoms with Gasteiger partial charge in [0.2, 0.25) is 10.0 Å². The number of sulfonamides is 1. The monoisotopic (exact) mass is 520 g/mol. The van der Waals surface area contributed by atoms with Gasteiger partial charge in [-0.2, -0.15) is 0 Å². The first kappa shape index (κ1) is 24.3. The van der Waals surface area contributed by atoms with Crippen molar-refractivity contribution in [1.29, 1.82) is 0 Å². The highest BCUT2D eigenvalue weighted by Crippen LogP contribution is 2.09.